The molecule has 2 aromatic carbocycles. The molecule has 0 bridgehead atoms. The lowest BCUT2D eigenvalue weighted by Crippen LogP contribution is -2.32. The van der Waals surface area contributed by atoms with Gasteiger partial charge < -0.3 is 22.9 Å². The Kier molecular flexibility index (Phi) is 43.6. The fourth-order valence-corrected chi connectivity index (χ4v) is 11.9. The fraction of sp³-hybridized carbons (Fsp3) is 0.724. The largest absolute Gasteiger partial charge is 0.322 e. The van der Waals surface area contributed by atoms with E-state index >= 15 is 0 Å². The molecular weight excluding hydrogens is 945 g/mol. The third-order valence-corrected chi connectivity index (χ3v) is 16.6. The third kappa shape index (κ3) is 39.8. The minimum absolute atomic E-state index is 0.177. The van der Waals surface area contributed by atoms with Gasteiger partial charge in [0.05, 0.1) is 24.2 Å². The topological polar surface area (TPSA) is 172 Å². The maximum atomic E-state index is 12.2. The molecule has 0 saturated carbocycles. The second-order valence-corrected chi connectivity index (χ2v) is 24.9. The number of Topliss-reactive ketones (excluding diaryl/α,β-unsaturated/α-hetero) is 4. The molecule has 8 nitrogen and oxygen atoms in total. The van der Waals surface area contributed by atoms with Gasteiger partial charge in [0.1, 0.15) is 11.6 Å². The maximum absolute atomic E-state index is 12.2. The van der Waals surface area contributed by atoms with Crippen LogP contribution in [0.2, 0.25) is 0 Å². The van der Waals surface area contributed by atoms with E-state index in [4.69, 9.17) is 22.9 Å². The molecule has 2 aromatic rings. The fourth-order valence-electron chi connectivity index (χ4n) is 8.02. The van der Waals surface area contributed by atoms with Crippen LogP contribution < -0.4 is 22.9 Å². The molecule has 0 aliphatic rings. The number of hydrogen-bond acceptors (Lipinski definition) is 12. The predicted octanol–water partition coefficient (Wildman–Crippen LogP) is 12.9. The van der Waals surface area contributed by atoms with Gasteiger partial charge in [0.15, 0.2) is 11.6 Å². The Morgan fingerprint density at radius 1 is 0.343 bits per heavy atom. The SMILES string of the molecule is CC(C)C[C@H](N)C(=O)CCSCCCCCCCCCCSCCC(=O)[C@@H](N)CC(C)C.N[C@@H](Cc1ccccc1)C(=O)CCSCCCCCCCCCCSCCC(=O)[C@@H](N)Cc1ccccc1. The molecule has 0 saturated heterocycles. The number of ketones is 4. The van der Waals surface area contributed by atoms with E-state index in [1.807, 2.05) is 108 Å². The molecule has 0 amide bonds. The van der Waals surface area contributed by atoms with Gasteiger partial charge in [0.25, 0.3) is 0 Å². The van der Waals surface area contributed by atoms with E-state index in [0.717, 1.165) is 70.0 Å². The molecule has 4 atom stereocenters. The van der Waals surface area contributed by atoms with Crippen LogP contribution in [-0.4, -0.2) is 93.3 Å². The third-order valence-electron chi connectivity index (χ3n) is 12.3. The van der Waals surface area contributed by atoms with Crippen molar-refractivity contribution in [2.75, 3.05) is 46.0 Å². The number of carbonyl (C=O) groups is 4. The summed E-state index contributed by atoms with van der Waals surface area (Å²) in [7, 11) is 0. The van der Waals surface area contributed by atoms with Crippen molar-refractivity contribution in [1.82, 2.24) is 0 Å². The molecule has 0 aliphatic carbocycles. The lowest BCUT2D eigenvalue weighted by Gasteiger charge is -2.12. The first-order chi connectivity index (χ1) is 33.8. The summed E-state index contributed by atoms with van der Waals surface area (Å²) >= 11 is 7.56. The van der Waals surface area contributed by atoms with Crippen LogP contribution in [0.25, 0.3) is 0 Å². The molecule has 0 heterocycles. The van der Waals surface area contributed by atoms with E-state index in [9.17, 15) is 19.2 Å². The first-order valence-electron chi connectivity index (χ1n) is 27.3. The van der Waals surface area contributed by atoms with Crippen molar-refractivity contribution >= 4 is 70.2 Å². The van der Waals surface area contributed by atoms with E-state index in [2.05, 4.69) is 27.7 Å². The summed E-state index contributed by atoms with van der Waals surface area (Å²) in [5, 5.41) is 0. The van der Waals surface area contributed by atoms with Gasteiger partial charge in [-0.3, -0.25) is 19.2 Å². The molecule has 0 aliphatic heterocycles. The van der Waals surface area contributed by atoms with Crippen molar-refractivity contribution in [3.63, 3.8) is 0 Å². The first kappa shape index (κ1) is 66.4. The van der Waals surface area contributed by atoms with Crippen molar-refractivity contribution in [3.8, 4) is 0 Å². The smallest absolute Gasteiger partial charge is 0.150 e. The van der Waals surface area contributed by atoms with Crippen LogP contribution in [0.1, 0.15) is 180 Å². The van der Waals surface area contributed by atoms with E-state index in [1.54, 1.807) is 0 Å². The van der Waals surface area contributed by atoms with Crippen molar-refractivity contribution in [3.05, 3.63) is 71.8 Å². The lowest BCUT2D eigenvalue weighted by atomic mass is 10.00. The average Bonchev–Trinajstić information content (AvgIpc) is 3.33. The molecule has 0 aromatic heterocycles. The summed E-state index contributed by atoms with van der Waals surface area (Å²) < 4.78 is 0. The summed E-state index contributed by atoms with van der Waals surface area (Å²) in [4.78, 5) is 48.3. The monoisotopic (exact) mass is 1040 g/mol. The Balaban J connectivity index is 0.000000712. The zero-order valence-electron chi connectivity index (χ0n) is 44.4. The minimum atomic E-state index is -0.380. The summed E-state index contributed by atoms with van der Waals surface area (Å²) in [5.74, 6) is 9.98. The van der Waals surface area contributed by atoms with Gasteiger partial charge in [-0.2, -0.15) is 47.0 Å². The van der Waals surface area contributed by atoms with Gasteiger partial charge in [-0.15, -0.1) is 0 Å². The molecule has 400 valence electrons. The zero-order chi connectivity index (χ0) is 51.5. The Labute approximate surface area is 445 Å². The van der Waals surface area contributed by atoms with Crippen LogP contribution >= 0.6 is 47.0 Å². The minimum Gasteiger partial charge on any atom is -0.322 e. The quantitative estimate of drug-likeness (QED) is 0.0463. The number of nitrogens with two attached hydrogens (primary N) is 4. The Morgan fingerprint density at radius 2 is 0.571 bits per heavy atom. The Bertz CT molecular complexity index is 1460. The highest BCUT2D eigenvalue weighted by Gasteiger charge is 2.17. The van der Waals surface area contributed by atoms with Crippen LogP contribution in [0.15, 0.2) is 60.7 Å². The number of hydrogen-bond donors (Lipinski definition) is 4. The van der Waals surface area contributed by atoms with Gasteiger partial charge >= 0.3 is 0 Å². The number of thioether (sulfide) groups is 4. The summed E-state index contributed by atoms with van der Waals surface area (Å²) in [6, 6.07) is 18.7. The number of carbonyl (C=O) groups excluding carboxylic acids is 4. The second kappa shape index (κ2) is 45.9. The van der Waals surface area contributed by atoms with Crippen LogP contribution in [0, 0.1) is 11.8 Å². The highest BCUT2D eigenvalue weighted by Crippen LogP contribution is 2.17. The normalized spacial score (nSPS) is 13.2. The van der Waals surface area contributed by atoms with Crippen molar-refractivity contribution in [2.24, 2.45) is 34.8 Å². The molecule has 0 fully saturated rings. The van der Waals surface area contributed by atoms with Crippen LogP contribution in [0.5, 0.6) is 0 Å². The second-order valence-electron chi connectivity index (χ2n) is 20.0. The zero-order valence-corrected chi connectivity index (χ0v) is 47.7. The summed E-state index contributed by atoms with van der Waals surface area (Å²) in [5.41, 5.74) is 26.3. The van der Waals surface area contributed by atoms with Crippen molar-refractivity contribution in [1.29, 1.82) is 0 Å². The lowest BCUT2D eigenvalue weighted by molar-refractivity contribution is -0.121. The van der Waals surface area contributed by atoms with Gasteiger partial charge in [-0.25, -0.2) is 0 Å². The summed E-state index contributed by atoms with van der Waals surface area (Å²) in [6.07, 6.45) is 26.0. The molecule has 2 rings (SSSR count). The van der Waals surface area contributed by atoms with E-state index in [0.29, 0.717) is 50.4 Å². The predicted molar refractivity (Wildman–Crippen MR) is 313 cm³/mol. The Morgan fingerprint density at radius 3 is 0.814 bits per heavy atom. The van der Waals surface area contributed by atoms with Crippen LogP contribution in [-0.2, 0) is 32.0 Å². The molecule has 12 heteroatoms. The highest BCUT2D eigenvalue weighted by molar-refractivity contribution is 7.99. The number of benzene rings is 2. The number of unbranched alkanes of at least 4 members (excludes halogenated alkanes) is 14. The maximum Gasteiger partial charge on any atom is 0.150 e. The molecule has 0 spiro atoms. The molecular formula is C58H100N4O4S4. The van der Waals surface area contributed by atoms with Crippen molar-refractivity contribution in [2.45, 2.75) is 206 Å². The standard InChI is InChI=1S/C32H48N2O2S2.C26H52N2O2S2/c33-29(25-27-15-9-7-10-16-27)31(35)19-23-37-21-13-5-3-1-2-4-6-14-22-38-24-20-32(36)30(34)26-28-17-11-8-12-18-28;1-21(2)19-23(27)25(29)13-17-31-15-11-9-7-5-6-8-10-12-16-32-18-14-26(30)24(28)20-22(3)4/h7-12,15-18,29-30H,1-6,13-14,19-26,33-34H2;21-24H,5-20,27-28H2,1-4H3/t29-,30-;23-,24-/m00/s1. The van der Waals surface area contributed by atoms with Gasteiger partial charge in [0, 0.05) is 48.7 Å². The molecule has 8 N–H and O–H groups in total. The molecule has 0 radical (unpaired) electrons. The summed E-state index contributed by atoms with van der Waals surface area (Å²) in [6.45, 7) is 8.44. The van der Waals surface area contributed by atoms with Crippen molar-refractivity contribution < 1.29 is 19.2 Å². The molecule has 0 unspecified atom stereocenters. The van der Waals surface area contributed by atoms with Gasteiger partial charge in [0.2, 0.25) is 0 Å². The average molecular weight is 1050 g/mol. The van der Waals surface area contributed by atoms with E-state index in [-0.39, 0.29) is 47.3 Å². The Hall–Kier alpha value is -1.64. The van der Waals surface area contributed by atoms with E-state index in [1.165, 1.54) is 103 Å². The van der Waals surface area contributed by atoms with Gasteiger partial charge in [-0.05, 0) is 97.3 Å². The first-order valence-corrected chi connectivity index (χ1v) is 31.9. The van der Waals surface area contributed by atoms with Gasteiger partial charge in [-0.1, -0.05) is 165 Å². The molecule has 70 heavy (non-hydrogen) atoms. The highest BCUT2D eigenvalue weighted by atomic mass is 32.2. The van der Waals surface area contributed by atoms with Crippen LogP contribution in [0.3, 0.4) is 0 Å². The van der Waals surface area contributed by atoms with Crippen LogP contribution in [0.4, 0.5) is 0 Å². The van der Waals surface area contributed by atoms with E-state index < -0.39 is 0 Å². The number of rotatable bonds is 46.